The van der Waals surface area contributed by atoms with Gasteiger partial charge in [-0.25, -0.2) is 0 Å². The average molecular weight is 287 g/mol. The summed E-state index contributed by atoms with van der Waals surface area (Å²) < 4.78 is 0. The SMILES string of the molecule is C/C(=N/Nc1ccc([N+](=O)[O-])cc1)c1ccc(O)cc1O. The Morgan fingerprint density at radius 2 is 1.86 bits per heavy atom. The van der Waals surface area contributed by atoms with E-state index in [1.807, 2.05) is 0 Å². The Kier molecular flexibility index (Phi) is 4.03. The highest BCUT2D eigenvalue weighted by Crippen LogP contribution is 2.23. The molecule has 2 aromatic rings. The fourth-order valence-electron chi connectivity index (χ4n) is 1.69. The van der Waals surface area contributed by atoms with Gasteiger partial charge in [-0.1, -0.05) is 0 Å². The van der Waals surface area contributed by atoms with Crippen LogP contribution in [0.3, 0.4) is 0 Å². The lowest BCUT2D eigenvalue weighted by molar-refractivity contribution is -0.384. The van der Waals surface area contributed by atoms with Crippen molar-refractivity contribution in [3.05, 3.63) is 58.1 Å². The molecule has 0 fully saturated rings. The minimum atomic E-state index is -0.479. The number of anilines is 1. The fourth-order valence-corrected chi connectivity index (χ4v) is 1.69. The lowest BCUT2D eigenvalue weighted by atomic mass is 10.1. The summed E-state index contributed by atoms with van der Waals surface area (Å²) in [4.78, 5) is 10.1. The van der Waals surface area contributed by atoms with Crippen LogP contribution < -0.4 is 5.43 Å². The van der Waals surface area contributed by atoms with Crippen molar-refractivity contribution in [3.63, 3.8) is 0 Å². The zero-order valence-electron chi connectivity index (χ0n) is 11.1. The van der Waals surface area contributed by atoms with E-state index in [0.29, 0.717) is 17.0 Å². The van der Waals surface area contributed by atoms with Gasteiger partial charge in [0.2, 0.25) is 0 Å². The number of phenolic OH excluding ortho intramolecular Hbond substituents is 2. The molecule has 7 nitrogen and oxygen atoms in total. The first-order valence-corrected chi connectivity index (χ1v) is 6.04. The molecule has 0 spiro atoms. The molecule has 0 saturated carbocycles. The van der Waals surface area contributed by atoms with Gasteiger partial charge in [-0.15, -0.1) is 0 Å². The highest BCUT2D eigenvalue weighted by molar-refractivity contribution is 6.01. The van der Waals surface area contributed by atoms with Crippen molar-refractivity contribution in [1.82, 2.24) is 0 Å². The number of nitro benzene ring substituents is 1. The van der Waals surface area contributed by atoms with Crippen LogP contribution in [0.5, 0.6) is 11.5 Å². The molecule has 0 heterocycles. The third kappa shape index (κ3) is 3.47. The molecule has 3 N–H and O–H groups in total. The second-order valence-corrected chi connectivity index (χ2v) is 4.31. The quantitative estimate of drug-likeness (QED) is 0.455. The Morgan fingerprint density at radius 3 is 2.43 bits per heavy atom. The van der Waals surface area contributed by atoms with Gasteiger partial charge in [-0.2, -0.15) is 5.10 Å². The predicted octanol–water partition coefficient (Wildman–Crippen LogP) is 2.84. The van der Waals surface area contributed by atoms with Crippen molar-refractivity contribution in [2.75, 3.05) is 5.43 Å². The first-order chi connectivity index (χ1) is 9.97. The molecule has 0 saturated heterocycles. The number of phenols is 2. The molecule has 0 atom stereocenters. The number of benzene rings is 2. The van der Waals surface area contributed by atoms with Gasteiger partial charge in [0.05, 0.1) is 16.3 Å². The van der Waals surface area contributed by atoms with Gasteiger partial charge in [0.25, 0.3) is 5.69 Å². The second kappa shape index (κ2) is 5.91. The largest absolute Gasteiger partial charge is 0.508 e. The monoisotopic (exact) mass is 287 g/mol. The number of hydrogen-bond donors (Lipinski definition) is 3. The maximum Gasteiger partial charge on any atom is 0.269 e. The van der Waals surface area contributed by atoms with Crippen LogP contribution in [-0.2, 0) is 0 Å². The smallest absolute Gasteiger partial charge is 0.269 e. The number of hydrogen-bond acceptors (Lipinski definition) is 6. The summed E-state index contributed by atoms with van der Waals surface area (Å²) in [6.07, 6.45) is 0. The van der Waals surface area contributed by atoms with Gasteiger partial charge in [0, 0.05) is 23.8 Å². The first-order valence-electron chi connectivity index (χ1n) is 6.04. The van der Waals surface area contributed by atoms with E-state index in [0.717, 1.165) is 0 Å². The van der Waals surface area contributed by atoms with Crippen molar-refractivity contribution in [3.8, 4) is 11.5 Å². The van der Waals surface area contributed by atoms with Gasteiger partial charge in [-0.05, 0) is 31.2 Å². The van der Waals surface area contributed by atoms with E-state index in [2.05, 4.69) is 10.5 Å². The molecular weight excluding hydrogens is 274 g/mol. The van der Waals surface area contributed by atoms with Crippen LogP contribution in [0.15, 0.2) is 47.6 Å². The van der Waals surface area contributed by atoms with Crippen LogP contribution in [0.25, 0.3) is 0 Å². The number of hydrazone groups is 1. The molecule has 2 aromatic carbocycles. The van der Waals surface area contributed by atoms with E-state index >= 15 is 0 Å². The van der Waals surface area contributed by atoms with E-state index in [1.165, 1.54) is 36.4 Å². The number of nitrogens with zero attached hydrogens (tertiary/aromatic N) is 2. The molecule has 0 aliphatic heterocycles. The van der Waals surface area contributed by atoms with E-state index < -0.39 is 4.92 Å². The number of aromatic hydroxyl groups is 2. The summed E-state index contributed by atoms with van der Waals surface area (Å²) >= 11 is 0. The molecule has 2 rings (SSSR count). The second-order valence-electron chi connectivity index (χ2n) is 4.31. The molecule has 0 bridgehead atoms. The number of rotatable bonds is 4. The van der Waals surface area contributed by atoms with E-state index in [-0.39, 0.29) is 17.2 Å². The Hall–Kier alpha value is -3.09. The Balaban J connectivity index is 2.14. The highest BCUT2D eigenvalue weighted by Gasteiger charge is 2.06. The van der Waals surface area contributed by atoms with Gasteiger partial charge >= 0.3 is 0 Å². The lowest BCUT2D eigenvalue weighted by Gasteiger charge is -2.06. The molecule has 0 unspecified atom stereocenters. The zero-order chi connectivity index (χ0) is 15.4. The third-order valence-electron chi connectivity index (χ3n) is 2.80. The summed E-state index contributed by atoms with van der Waals surface area (Å²) in [5.41, 5.74) is 4.30. The Morgan fingerprint density at radius 1 is 1.19 bits per heavy atom. The summed E-state index contributed by atoms with van der Waals surface area (Å²) in [5, 5.41) is 33.6. The van der Waals surface area contributed by atoms with Gasteiger partial charge in [0.15, 0.2) is 0 Å². The van der Waals surface area contributed by atoms with Crippen molar-refractivity contribution >= 4 is 17.1 Å². The molecule has 0 radical (unpaired) electrons. The van der Waals surface area contributed by atoms with Gasteiger partial charge in [-0.3, -0.25) is 15.5 Å². The van der Waals surface area contributed by atoms with Crippen LogP contribution in [-0.4, -0.2) is 20.8 Å². The predicted molar refractivity (Wildman–Crippen MR) is 78.7 cm³/mol. The van der Waals surface area contributed by atoms with E-state index in [4.69, 9.17) is 0 Å². The average Bonchev–Trinajstić information content (AvgIpc) is 2.45. The van der Waals surface area contributed by atoms with Gasteiger partial charge in [0.1, 0.15) is 11.5 Å². The fraction of sp³-hybridized carbons (Fsp3) is 0.0714. The molecule has 108 valence electrons. The molecular formula is C14H13N3O4. The maximum atomic E-state index is 10.5. The van der Waals surface area contributed by atoms with Crippen LogP contribution in [0.4, 0.5) is 11.4 Å². The van der Waals surface area contributed by atoms with E-state index in [1.54, 1.807) is 13.0 Å². The summed E-state index contributed by atoms with van der Waals surface area (Å²) in [7, 11) is 0. The number of non-ortho nitro benzene ring substituents is 1. The number of nitrogens with one attached hydrogen (secondary N) is 1. The Bertz CT molecular complexity index is 696. The van der Waals surface area contributed by atoms with Crippen LogP contribution in [0.1, 0.15) is 12.5 Å². The Labute approximate surface area is 120 Å². The molecule has 0 amide bonds. The highest BCUT2D eigenvalue weighted by atomic mass is 16.6. The minimum Gasteiger partial charge on any atom is -0.508 e. The molecule has 0 aliphatic carbocycles. The van der Waals surface area contributed by atoms with Crippen molar-refractivity contribution in [2.45, 2.75) is 6.92 Å². The van der Waals surface area contributed by atoms with Crippen LogP contribution in [0.2, 0.25) is 0 Å². The molecule has 0 aromatic heterocycles. The van der Waals surface area contributed by atoms with Crippen molar-refractivity contribution in [1.29, 1.82) is 0 Å². The van der Waals surface area contributed by atoms with Crippen molar-refractivity contribution < 1.29 is 15.1 Å². The summed E-state index contributed by atoms with van der Waals surface area (Å²) in [6, 6.07) is 10.0. The maximum absolute atomic E-state index is 10.5. The minimum absolute atomic E-state index is 0.00238. The third-order valence-corrected chi connectivity index (χ3v) is 2.80. The molecule has 7 heteroatoms. The molecule has 21 heavy (non-hydrogen) atoms. The zero-order valence-corrected chi connectivity index (χ0v) is 11.1. The topological polar surface area (TPSA) is 108 Å². The summed E-state index contributed by atoms with van der Waals surface area (Å²) in [5.74, 6) is -0.117. The number of nitro groups is 1. The lowest BCUT2D eigenvalue weighted by Crippen LogP contribution is -2.00. The standard InChI is InChI=1S/C14H13N3O4/c1-9(13-7-6-12(18)8-14(13)19)15-16-10-2-4-11(5-3-10)17(20)21/h2-8,16,18-19H,1H3/b15-9-. The van der Waals surface area contributed by atoms with Crippen LogP contribution >= 0.6 is 0 Å². The van der Waals surface area contributed by atoms with Crippen LogP contribution in [0, 0.1) is 10.1 Å². The van der Waals surface area contributed by atoms with E-state index in [9.17, 15) is 20.3 Å². The molecule has 0 aliphatic rings. The normalized spacial score (nSPS) is 11.2. The summed E-state index contributed by atoms with van der Waals surface area (Å²) in [6.45, 7) is 1.69. The van der Waals surface area contributed by atoms with Crippen molar-refractivity contribution in [2.24, 2.45) is 5.10 Å². The van der Waals surface area contributed by atoms with Gasteiger partial charge < -0.3 is 10.2 Å². The first kappa shape index (κ1) is 14.3.